The summed E-state index contributed by atoms with van der Waals surface area (Å²) in [6.07, 6.45) is 8.15. The first-order chi connectivity index (χ1) is 7.28. The monoisotopic (exact) mass is 268 g/mol. The molecule has 3 heteroatoms. The van der Waals surface area contributed by atoms with Crippen molar-refractivity contribution in [3.63, 3.8) is 0 Å². The number of pyridine rings is 1. The molecule has 0 radical (unpaired) electrons. The summed E-state index contributed by atoms with van der Waals surface area (Å²) < 4.78 is 0.970. The van der Waals surface area contributed by atoms with Gasteiger partial charge in [0.2, 0.25) is 0 Å². The molecule has 2 rings (SSSR count). The van der Waals surface area contributed by atoms with Crippen molar-refractivity contribution in [1.29, 1.82) is 0 Å². The molecule has 0 spiro atoms. The maximum absolute atomic E-state index is 5.99. The molecular weight excluding hydrogens is 252 g/mol. The molecule has 0 aromatic carbocycles. The van der Waals surface area contributed by atoms with Crippen LogP contribution in [0, 0.1) is 0 Å². The smallest absolute Gasteiger partial charge is 0.109 e. The fourth-order valence-electron chi connectivity index (χ4n) is 2.59. The minimum atomic E-state index is 0.172. The van der Waals surface area contributed by atoms with Gasteiger partial charge < -0.3 is 5.73 Å². The van der Waals surface area contributed by atoms with Gasteiger partial charge in [0, 0.05) is 18.2 Å². The Kier molecular flexibility index (Phi) is 3.42. The lowest BCUT2D eigenvalue weighted by molar-refractivity contribution is 0.299. The lowest BCUT2D eigenvalue weighted by Gasteiger charge is -2.37. The van der Waals surface area contributed by atoms with Crippen LogP contribution >= 0.6 is 15.9 Å². The lowest BCUT2D eigenvalue weighted by atomic mass is 9.70. The highest BCUT2D eigenvalue weighted by molar-refractivity contribution is 9.10. The fourth-order valence-corrected chi connectivity index (χ4v) is 3.26. The van der Waals surface area contributed by atoms with Crippen LogP contribution in [0.1, 0.15) is 37.7 Å². The van der Waals surface area contributed by atoms with Gasteiger partial charge in [-0.2, -0.15) is 0 Å². The molecule has 15 heavy (non-hydrogen) atoms. The van der Waals surface area contributed by atoms with Gasteiger partial charge in [0.25, 0.3) is 0 Å². The Balaban J connectivity index is 2.36. The van der Waals surface area contributed by atoms with Crippen LogP contribution in [0.5, 0.6) is 0 Å². The first kappa shape index (κ1) is 11.1. The van der Waals surface area contributed by atoms with Gasteiger partial charge in [-0.25, -0.2) is 4.98 Å². The molecule has 0 atom stereocenters. The molecule has 0 aliphatic heterocycles. The van der Waals surface area contributed by atoms with Crippen LogP contribution in [0.4, 0.5) is 0 Å². The molecule has 1 aromatic rings. The number of aromatic nitrogens is 1. The van der Waals surface area contributed by atoms with Crippen LogP contribution in [-0.2, 0) is 5.41 Å². The van der Waals surface area contributed by atoms with Gasteiger partial charge in [0.15, 0.2) is 0 Å². The highest BCUT2D eigenvalue weighted by atomic mass is 79.9. The summed E-state index contributed by atoms with van der Waals surface area (Å²) in [5.74, 6) is 0. The van der Waals surface area contributed by atoms with E-state index in [2.05, 4.69) is 27.0 Å². The van der Waals surface area contributed by atoms with Crippen LogP contribution in [0.3, 0.4) is 0 Å². The van der Waals surface area contributed by atoms with Gasteiger partial charge in [-0.3, -0.25) is 0 Å². The number of hydrogen-bond acceptors (Lipinski definition) is 2. The topological polar surface area (TPSA) is 38.9 Å². The summed E-state index contributed by atoms with van der Waals surface area (Å²) in [6, 6.07) is 4.17. The molecule has 1 aliphatic carbocycles. The van der Waals surface area contributed by atoms with Crippen molar-refractivity contribution in [3.05, 3.63) is 28.5 Å². The van der Waals surface area contributed by atoms with E-state index >= 15 is 0 Å². The van der Waals surface area contributed by atoms with E-state index in [0.29, 0.717) is 0 Å². The number of halogens is 1. The fraction of sp³-hybridized carbons (Fsp3) is 0.583. The van der Waals surface area contributed by atoms with Crippen LogP contribution in [-0.4, -0.2) is 11.5 Å². The second kappa shape index (κ2) is 4.62. The molecule has 0 unspecified atom stereocenters. The minimum absolute atomic E-state index is 0.172. The van der Waals surface area contributed by atoms with Gasteiger partial charge in [-0.05, 0) is 40.4 Å². The van der Waals surface area contributed by atoms with Crippen molar-refractivity contribution in [2.75, 3.05) is 6.54 Å². The summed E-state index contributed by atoms with van der Waals surface area (Å²) in [6.45, 7) is 0.733. The molecule has 0 bridgehead atoms. The van der Waals surface area contributed by atoms with Gasteiger partial charge in [0.05, 0.1) is 0 Å². The number of hydrogen-bond donors (Lipinski definition) is 1. The van der Waals surface area contributed by atoms with E-state index < -0.39 is 0 Å². The third-order valence-corrected chi connectivity index (χ3v) is 4.16. The van der Waals surface area contributed by atoms with Crippen LogP contribution < -0.4 is 5.73 Å². The molecule has 82 valence electrons. The normalized spacial score (nSPS) is 20.1. The first-order valence-electron chi connectivity index (χ1n) is 5.60. The van der Waals surface area contributed by atoms with Crippen molar-refractivity contribution in [2.24, 2.45) is 5.73 Å². The highest BCUT2D eigenvalue weighted by Gasteiger charge is 2.34. The van der Waals surface area contributed by atoms with E-state index in [0.717, 1.165) is 11.1 Å². The van der Waals surface area contributed by atoms with Crippen LogP contribution in [0.2, 0.25) is 0 Å². The Bertz CT molecular complexity index is 332. The maximum Gasteiger partial charge on any atom is 0.109 e. The summed E-state index contributed by atoms with van der Waals surface area (Å²) in [7, 11) is 0. The van der Waals surface area contributed by atoms with Crippen LogP contribution in [0.15, 0.2) is 22.9 Å². The number of nitrogens with zero attached hydrogens (tertiary/aromatic N) is 1. The predicted molar refractivity (Wildman–Crippen MR) is 65.8 cm³/mol. The Hall–Kier alpha value is -0.410. The van der Waals surface area contributed by atoms with E-state index in [1.807, 2.05) is 12.3 Å². The van der Waals surface area contributed by atoms with Crippen LogP contribution in [0.25, 0.3) is 0 Å². The molecule has 1 aliphatic rings. The quantitative estimate of drug-likeness (QED) is 0.838. The third-order valence-electron chi connectivity index (χ3n) is 3.53. The van der Waals surface area contributed by atoms with Gasteiger partial charge in [-0.15, -0.1) is 0 Å². The van der Waals surface area contributed by atoms with Gasteiger partial charge in [-0.1, -0.05) is 25.3 Å². The molecule has 1 saturated carbocycles. The molecule has 0 saturated heterocycles. The summed E-state index contributed by atoms with van der Waals surface area (Å²) >= 11 is 3.54. The van der Waals surface area contributed by atoms with Crippen molar-refractivity contribution < 1.29 is 0 Å². The Morgan fingerprint density at radius 3 is 2.67 bits per heavy atom. The second-order valence-electron chi connectivity index (χ2n) is 4.39. The third kappa shape index (κ3) is 2.08. The highest BCUT2D eigenvalue weighted by Crippen LogP contribution is 2.40. The summed E-state index contributed by atoms with van der Waals surface area (Å²) in [5.41, 5.74) is 7.46. The van der Waals surface area contributed by atoms with Crippen molar-refractivity contribution in [3.8, 4) is 0 Å². The van der Waals surface area contributed by atoms with Gasteiger partial charge >= 0.3 is 0 Å². The Morgan fingerprint density at radius 1 is 1.33 bits per heavy atom. The predicted octanol–water partition coefficient (Wildman–Crippen LogP) is 3.00. The molecule has 1 aromatic heterocycles. The van der Waals surface area contributed by atoms with E-state index in [1.165, 1.54) is 37.7 Å². The SMILES string of the molecule is NCC1(c2cccnc2Br)CCCCC1. The van der Waals surface area contributed by atoms with E-state index in [4.69, 9.17) is 5.73 Å². The molecule has 2 nitrogen and oxygen atoms in total. The second-order valence-corrected chi connectivity index (χ2v) is 5.14. The minimum Gasteiger partial charge on any atom is -0.330 e. The zero-order chi connectivity index (χ0) is 10.7. The van der Waals surface area contributed by atoms with E-state index in [9.17, 15) is 0 Å². The molecule has 0 amide bonds. The zero-order valence-corrected chi connectivity index (χ0v) is 10.5. The van der Waals surface area contributed by atoms with Gasteiger partial charge in [0.1, 0.15) is 4.60 Å². The van der Waals surface area contributed by atoms with Crippen molar-refractivity contribution in [2.45, 2.75) is 37.5 Å². The summed E-state index contributed by atoms with van der Waals surface area (Å²) in [4.78, 5) is 4.31. The lowest BCUT2D eigenvalue weighted by Crippen LogP contribution is -2.37. The first-order valence-corrected chi connectivity index (χ1v) is 6.39. The Labute approximate surface area is 99.4 Å². The molecule has 1 heterocycles. The molecule has 1 fully saturated rings. The molecular formula is C12H17BrN2. The largest absolute Gasteiger partial charge is 0.330 e. The summed E-state index contributed by atoms with van der Waals surface area (Å²) in [5, 5.41) is 0. The van der Waals surface area contributed by atoms with E-state index in [1.54, 1.807) is 0 Å². The van der Waals surface area contributed by atoms with Crippen molar-refractivity contribution in [1.82, 2.24) is 4.98 Å². The van der Waals surface area contributed by atoms with E-state index in [-0.39, 0.29) is 5.41 Å². The average Bonchev–Trinajstić information content (AvgIpc) is 2.30. The maximum atomic E-state index is 5.99. The number of nitrogens with two attached hydrogens (primary N) is 1. The zero-order valence-electron chi connectivity index (χ0n) is 8.88. The standard InChI is InChI=1S/C12H17BrN2/c13-11-10(5-4-8-15-11)12(9-14)6-2-1-3-7-12/h4-5,8H,1-3,6-7,9,14H2. The number of rotatable bonds is 2. The Morgan fingerprint density at radius 2 is 2.07 bits per heavy atom. The molecule has 2 N–H and O–H groups in total. The van der Waals surface area contributed by atoms with Crippen molar-refractivity contribution >= 4 is 15.9 Å². The average molecular weight is 269 g/mol.